The van der Waals surface area contributed by atoms with Crippen molar-refractivity contribution >= 4 is 11.1 Å². The van der Waals surface area contributed by atoms with Crippen LogP contribution in [0.15, 0.2) is 89.5 Å². The molecule has 2 heterocycles. The standard InChI is InChI=1S/C37H33N2O2.Pt/c1-22-16-23(2)34(24(3)17-22)27-19-25(18-26(20-27)31-21-28(14-15-38-31)37(4,5)6)29-11-9-13-33-35(29)39-36(41-33)30-10-7-8-12-32(30)40;/h7-17,19-21,40H,1-6H3;/q-1;. The molecular weight excluding hydrogens is 699 g/mol. The molecule has 0 aliphatic carbocycles. The van der Waals surface area contributed by atoms with Crippen LogP contribution < -0.4 is 0 Å². The van der Waals surface area contributed by atoms with Crippen molar-refractivity contribution in [1.82, 2.24) is 9.97 Å². The molecule has 42 heavy (non-hydrogen) atoms. The predicted molar refractivity (Wildman–Crippen MR) is 167 cm³/mol. The molecule has 0 bridgehead atoms. The van der Waals surface area contributed by atoms with Gasteiger partial charge in [0.15, 0.2) is 0 Å². The van der Waals surface area contributed by atoms with E-state index in [2.05, 4.69) is 84.0 Å². The average Bonchev–Trinajstić information content (AvgIpc) is 3.36. The zero-order valence-corrected chi connectivity index (χ0v) is 26.9. The van der Waals surface area contributed by atoms with Crippen LogP contribution in [0.5, 0.6) is 5.75 Å². The Kier molecular flexibility index (Phi) is 7.96. The summed E-state index contributed by atoms with van der Waals surface area (Å²) < 4.78 is 6.13. The van der Waals surface area contributed by atoms with Gasteiger partial charge in [-0.2, -0.15) is 0 Å². The van der Waals surface area contributed by atoms with E-state index < -0.39 is 0 Å². The minimum absolute atomic E-state index is 0. The van der Waals surface area contributed by atoms with Gasteiger partial charge in [-0.15, -0.1) is 23.8 Å². The van der Waals surface area contributed by atoms with Crippen LogP contribution in [0, 0.1) is 26.8 Å². The molecule has 1 N–H and O–H groups in total. The summed E-state index contributed by atoms with van der Waals surface area (Å²) in [6, 6.07) is 29.8. The van der Waals surface area contributed by atoms with Crippen LogP contribution in [0.25, 0.3) is 56.1 Å². The Morgan fingerprint density at radius 2 is 1.48 bits per heavy atom. The summed E-state index contributed by atoms with van der Waals surface area (Å²) in [7, 11) is 0. The smallest absolute Gasteiger partial charge is 0.230 e. The van der Waals surface area contributed by atoms with Crippen molar-refractivity contribution in [3.63, 3.8) is 0 Å². The van der Waals surface area contributed by atoms with Gasteiger partial charge in [0, 0.05) is 33.0 Å². The number of oxazole rings is 1. The van der Waals surface area contributed by atoms with Gasteiger partial charge < -0.3 is 9.52 Å². The number of aryl methyl sites for hydroxylation is 3. The molecular formula is C37H33N2O2Pt-. The van der Waals surface area contributed by atoms with Crippen molar-refractivity contribution in [3.8, 4) is 50.7 Å². The number of para-hydroxylation sites is 2. The minimum Gasteiger partial charge on any atom is -0.507 e. The van der Waals surface area contributed by atoms with Crippen molar-refractivity contribution < 1.29 is 30.6 Å². The zero-order chi connectivity index (χ0) is 28.9. The first-order chi connectivity index (χ1) is 19.6. The van der Waals surface area contributed by atoms with Gasteiger partial charge in [-0.05, 0) is 72.7 Å². The number of hydrogen-bond acceptors (Lipinski definition) is 4. The van der Waals surface area contributed by atoms with Crippen LogP contribution in [0.2, 0.25) is 0 Å². The maximum Gasteiger partial charge on any atom is 0.230 e. The monoisotopic (exact) mass is 732 g/mol. The second-order valence-corrected chi connectivity index (χ2v) is 11.8. The van der Waals surface area contributed by atoms with Crippen molar-refractivity contribution in [2.24, 2.45) is 0 Å². The number of rotatable bonds is 4. The Bertz CT molecular complexity index is 1910. The molecule has 0 radical (unpaired) electrons. The topological polar surface area (TPSA) is 59.2 Å². The van der Waals surface area contributed by atoms with E-state index in [1.54, 1.807) is 18.2 Å². The van der Waals surface area contributed by atoms with E-state index in [9.17, 15) is 5.11 Å². The van der Waals surface area contributed by atoms with Gasteiger partial charge in [-0.3, -0.25) is 4.98 Å². The SMILES string of the molecule is Cc1cc(C)c(-c2cc(-c3cc(C(C)(C)C)ccn3)[c-]c(-c3cccc4oc(-c5ccccc5O)nc34)c2)c(C)c1.[Pt]. The number of pyridine rings is 1. The second-order valence-electron chi connectivity index (χ2n) is 11.8. The summed E-state index contributed by atoms with van der Waals surface area (Å²) in [5.74, 6) is 0.512. The van der Waals surface area contributed by atoms with Gasteiger partial charge in [0.05, 0.1) is 11.1 Å². The fraction of sp³-hybridized carbons (Fsp3) is 0.189. The summed E-state index contributed by atoms with van der Waals surface area (Å²) >= 11 is 0. The molecule has 6 aromatic rings. The number of aromatic hydroxyl groups is 1. The molecule has 0 spiro atoms. The Hall–Kier alpha value is -4.01. The van der Waals surface area contributed by atoms with Crippen molar-refractivity contribution in [1.29, 1.82) is 0 Å². The molecule has 5 heteroatoms. The van der Waals surface area contributed by atoms with Crippen LogP contribution in [-0.4, -0.2) is 15.1 Å². The quantitative estimate of drug-likeness (QED) is 0.184. The fourth-order valence-electron chi connectivity index (χ4n) is 5.61. The third kappa shape index (κ3) is 5.56. The first kappa shape index (κ1) is 29.5. The third-order valence-corrected chi connectivity index (χ3v) is 7.58. The molecule has 4 nitrogen and oxygen atoms in total. The molecule has 0 unspecified atom stereocenters. The first-order valence-corrected chi connectivity index (χ1v) is 13.9. The number of phenols is 1. The molecule has 6 rings (SSSR count). The average molecular weight is 733 g/mol. The molecule has 0 saturated carbocycles. The number of aromatic nitrogens is 2. The summed E-state index contributed by atoms with van der Waals surface area (Å²) in [5, 5.41) is 10.4. The zero-order valence-electron chi connectivity index (χ0n) is 24.6. The molecule has 0 saturated heterocycles. The molecule has 2 aromatic heterocycles. The molecule has 0 aliphatic rings. The summed E-state index contributed by atoms with van der Waals surface area (Å²) in [6.07, 6.45) is 1.88. The van der Waals surface area contributed by atoms with Crippen LogP contribution >= 0.6 is 0 Å². The molecule has 0 fully saturated rings. The number of nitrogens with zero attached hydrogens (tertiary/aromatic N) is 2. The third-order valence-electron chi connectivity index (χ3n) is 7.58. The number of phenolic OH excluding ortho intramolecular Hbond substituents is 1. The van der Waals surface area contributed by atoms with E-state index in [0.29, 0.717) is 17.0 Å². The van der Waals surface area contributed by atoms with Crippen molar-refractivity contribution in [2.45, 2.75) is 47.0 Å². The van der Waals surface area contributed by atoms with Gasteiger partial charge >= 0.3 is 0 Å². The Labute approximate surface area is 261 Å². The summed E-state index contributed by atoms with van der Waals surface area (Å²) in [6.45, 7) is 13.1. The van der Waals surface area contributed by atoms with Gasteiger partial charge in [0.25, 0.3) is 0 Å². The van der Waals surface area contributed by atoms with E-state index in [0.717, 1.165) is 33.5 Å². The van der Waals surface area contributed by atoms with E-state index in [-0.39, 0.29) is 32.2 Å². The Morgan fingerprint density at radius 1 is 0.786 bits per heavy atom. The minimum atomic E-state index is -0.00598. The second kappa shape index (κ2) is 11.3. The first-order valence-electron chi connectivity index (χ1n) is 13.9. The van der Waals surface area contributed by atoms with E-state index >= 15 is 0 Å². The Morgan fingerprint density at radius 3 is 2.19 bits per heavy atom. The molecule has 0 amide bonds. The predicted octanol–water partition coefficient (Wildman–Crippen LogP) is 9.62. The van der Waals surface area contributed by atoms with Crippen LogP contribution in [0.4, 0.5) is 0 Å². The molecule has 0 atom stereocenters. The van der Waals surface area contributed by atoms with Gasteiger partial charge in [0.2, 0.25) is 5.89 Å². The Balaban J connectivity index is 0.00000353. The van der Waals surface area contributed by atoms with Gasteiger partial charge in [-0.25, -0.2) is 4.98 Å². The number of fused-ring (bicyclic) bond motifs is 1. The van der Waals surface area contributed by atoms with E-state index in [4.69, 9.17) is 14.4 Å². The number of benzene rings is 4. The van der Waals surface area contributed by atoms with Crippen LogP contribution in [0.1, 0.15) is 43.0 Å². The van der Waals surface area contributed by atoms with Crippen molar-refractivity contribution in [3.05, 3.63) is 113 Å². The van der Waals surface area contributed by atoms with E-state index in [1.165, 1.54) is 27.8 Å². The molecule has 0 aliphatic heterocycles. The maximum atomic E-state index is 10.4. The van der Waals surface area contributed by atoms with Crippen LogP contribution in [-0.2, 0) is 26.5 Å². The largest absolute Gasteiger partial charge is 0.507 e. The van der Waals surface area contributed by atoms with Crippen molar-refractivity contribution in [2.75, 3.05) is 0 Å². The summed E-state index contributed by atoms with van der Waals surface area (Å²) in [4.78, 5) is 9.63. The fourth-order valence-corrected chi connectivity index (χ4v) is 5.61. The van der Waals surface area contributed by atoms with Gasteiger partial charge in [0.1, 0.15) is 11.3 Å². The normalized spacial score (nSPS) is 11.5. The van der Waals surface area contributed by atoms with Crippen LogP contribution in [0.3, 0.4) is 0 Å². The molecule has 214 valence electrons. The van der Waals surface area contributed by atoms with Gasteiger partial charge in [-0.1, -0.05) is 85.5 Å². The number of hydrogen-bond donors (Lipinski definition) is 1. The maximum absolute atomic E-state index is 10.4. The molecule has 4 aromatic carbocycles. The summed E-state index contributed by atoms with van der Waals surface area (Å²) in [5.41, 5.74) is 12.8. The van der Waals surface area contributed by atoms with E-state index in [1.807, 2.05) is 30.5 Å².